The lowest BCUT2D eigenvalue weighted by atomic mass is 10.1. The first-order chi connectivity index (χ1) is 17.5. The summed E-state index contributed by atoms with van der Waals surface area (Å²) in [5.41, 5.74) is 1.83. The number of nitrogens with one attached hydrogen (secondary N) is 1. The van der Waals surface area contributed by atoms with Gasteiger partial charge in [0.25, 0.3) is 11.1 Å². The number of H-pyrrole nitrogens is 1. The van der Waals surface area contributed by atoms with E-state index in [1.807, 2.05) is 55.5 Å². The number of ether oxygens (including phenoxy) is 1. The number of benzene rings is 3. The minimum atomic E-state index is -0.505. The van der Waals surface area contributed by atoms with Crippen LogP contribution in [0.2, 0.25) is 0 Å². The molecule has 180 valence electrons. The maximum absolute atomic E-state index is 13.5. The van der Waals surface area contributed by atoms with Gasteiger partial charge >= 0.3 is 5.97 Å². The molecule has 0 bridgehead atoms. The van der Waals surface area contributed by atoms with Gasteiger partial charge in [0.15, 0.2) is 5.16 Å². The van der Waals surface area contributed by atoms with Crippen molar-refractivity contribution in [2.75, 3.05) is 7.11 Å². The van der Waals surface area contributed by atoms with Crippen LogP contribution in [-0.4, -0.2) is 32.6 Å². The summed E-state index contributed by atoms with van der Waals surface area (Å²) in [4.78, 5) is 50.2. The average Bonchev–Trinajstić information content (AvgIpc) is 2.91. The van der Waals surface area contributed by atoms with Crippen molar-refractivity contribution in [3.63, 3.8) is 0 Å². The maximum atomic E-state index is 13.5. The number of carbonyl (C=O) groups excluding carboxylic acids is 1. The highest BCUT2D eigenvalue weighted by Crippen LogP contribution is 2.26. The molecule has 0 saturated carbocycles. The SMILES string of the molecule is COC(=O)c1ccc2c(=O)[nH]c(CSc3nc4ccccc4c(=O)n3C(C)c3ccccc3)nc2c1. The van der Waals surface area contributed by atoms with E-state index >= 15 is 0 Å². The number of hydrogen-bond acceptors (Lipinski definition) is 7. The van der Waals surface area contributed by atoms with Crippen LogP contribution in [0.25, 0.3) is 21.8 Å². The minimum absolute atomic E-state index is 0.137. The second-order valence-electron chi connectivity index (χ2n) is 8.20. The Morgan fingerprint density at radius 3 is 2.50 bits per heavy atom. The van der Waals surface area contributed by atoms with Crippen LogP contribution in [0.5, 0.6) is 0 Å². The fourth-order valence-electron chi connectivity index (χ4n) is 4.08. The van der Waals surface area contributed by atoms with Gasteiger partial charge in [-0.2, -0.15) is 0 Å². The molecule has 0 amide bonds. The molecule has 36 heavy (non-hydrogen) atoms. The molecule has 1 N–H and O–H groups in total. The number of aromatic amines is 1. The fraction of sp³-hybridized carbons (Fsp3) is 0.148. The Hall–Kier alpha value is -4.24. The van der Waals surface area contributed by atoms with Crippen molar-refractivity contribution in [3.05, 3.63) is 110 Å². The molecule has 0 aliphatic carbocycles. The molecule has 2 heterocycles. The van der Waals surface area contributed by atoms with Crippen LogP contribution in [0.15, 0.2) is 87.5 Å². The number of esters is 1. The minimum Gasteiger partial charge on any atom is -0.465 e. The first kappa shape index (κ1) is 23.5. The molecule has 5 rings (SSSR count). The normalized spacial score (nSPS) is 12.1. The Balaban J connectivity index is 1.56. The van der Waals surface area contributed by atoms with Crippen LogP contribution in [0.3, 0.4) is 0 Å². The van der Waals surface area contributed by atoms with E-state index in [9.17, 15) is 14.4 Å². The van der Waals surface area contributed by atoms with Crippen molar-refractivity contribution in [2.45, 2.75) is 23.9 Å². The van der Waals surface area contributed by atoms with Crippen LogP contribution in [0.4, 0.5) is 0 Å². The quantitative estimate of drug-likeness (QED) is 0.211. The molecule has 1 unspecified atom stereocenters. The lowest BCUT2D eigenvalue weighted by Crippen LogP contribution is -2.27. The molecule has 8 nitrogen and oxygen atoms in total. The fourth-order valence-corrected chi connectivity index (χ4v) is 5.03. The van der Waals surface area contributed by atoms with E-state index in [4.69, 9.17) is 9.72 Å². The van der Waals surface area contributed by atoms with Gasteiger partial charge in [0.05, 0.1) is 46.3 Å². The van der Waals surface area contributed by atoms with E-state index in [-0.39, 0.29) is 22.9 Å². The summed E-state index contributed by atoms with van der Waals surface area (Å²) >= 11 is 1.31. The summed E-state index contributed by atoms with van der Waals surface area (Å²) in [6, 6.07) is 21.3. The van der Waals surface area contributed by atoms with Crippen molar-refractivity contribution in [1.29, 1.82) is 0 Å². The molecule has 0 aliphatic heterocycles. The number of thioether (sulfide) groups is 1. The first-order valence-corrected chi connectivity index (χ1v) is 12.2. The van der Waals surface area contributed by atoms with Gasteiger partial charge in [-0.15, -0.1) is 0 Å². The molecule has 2 aromatic heterocycles. The van der Waals surface area contributed by atoms with E-state index in [0.29, 0.717) is 38.4 Å². The van der Waals surface area contributed by atoms with E-state index in [1.54, 1.807) is 16.7 Å². The zero-order chi connectivity index (χ0) is 25.2. The van der Waals surface area contributed by atoms with Gasteiger partial charge in [0.2, 0.25) is 0 Å². The molecule has 0 radical (unpaired) electrons. The Morgan fingerprint density at radius 2 is 1.72 bits per heavy atom. The summed E-state index contributed by atoms with van der Waals surface area (Å²) in [7, 11) is 1.30. The Morgan fingerprint density at radius 1 is 0.972 bits per heavy atom. The number of nitrogens with zero attached hydrogens (tertiary/aromatic N) is 3. The van der Waals surface area contributed by atoms with Crippen molar-refractivity contribution >= 4 is 39.5 Å². The lowest BCUT2D eigenvalue weighted by Gasteiger charge is -2.20. The average molecular weight is 499 g/mol. The molecular weight excluding hydrogens is 476 g/mol. The highest BCUT2D eigenvalue weighted by Gasteiger charge is 2.19. The number of aromatic nitrogens is 4. The zero-order valence-corrected chi connectivity index (χ0v) is 20.4. The van der Waals surface area contributed by atoms with Crippen LogP contribution in [0.1, 0.15) is 34.7 Å². The number of rotatable bonds is 6. The van der Waals surface area contributed by atoms with Gasteiger partial charge in [-0.05, 0) is 42.8 Å². The van der Waals surface area contributed by atoms with E-state index < -0.39 is 5.97 Å². The summed E-state index contributed by atoms with van der Waals surface area (Å²) in [6.45, 7) is 1.96. The largest absolute Gasteiger partial charge is 0.465 e. The van der Waals surface area contributed by atoms with E-state index in [1.165, 1.54) is 31.0 Å². The van der Waals surface area contributed by atoms with Crippen molar-refractivity contribution < 1.29 is 9.53 Å². The van der Waals surface area contributed by atoms with Crippen LogP contribution in [0, 0.1) is 0 Å². The second kappa shape index (κ2) is 9.79. The lowest BCUT2D eigenvalue weighted by molar-refractivity contribution is 0.0601. The summed E-state index contributed by atoms with van der Waals surface area (Å²) in [5.74, 6) is 0.162. The summed E-state index contributed by atoms with van der Waals surface area (Å²) in [6.07, 6.45) is 0. The highest BCUT2D eigenvalue weighted by atomic mass is 32.2. The van der Waals surface area contributed by atoms with Gasteiger partial charge in [-0.3, -0.25) is 14.2 Å². The molecule has 9 heteroatoms. The Labute approximate surface area is 210 Å². The predicted molar refractivity (Wildman–Crippen MR) is 140 cm³/mol. The maximum Gasteiger partial charge on any atom is 0.337 e. The third-order valence-electron chi connectivity index (χ3n) is 5.96. The summed E-state index contributed by atoms with van der Waals surface area (Å²) < 4.78 is 6.45. The predicted octanol–water partition coefficient (Wildman–Crippen LogP) is 4.32. The van der Waals surface area contributed by atoms with Gasteiger partial charge in [0, 0.05) is 0 Å². The molecular formula is C27H22N4O4S. The summed E-state index contributed by atoms with van der Waals surface area (Å²) in [5, 5.41) is 1.42. The van der Waals surface area contributed by atoms with Crippen molar-refractivity contribution in [2.24, 2.45) is 0 Å². The van der Waals surface area contributed by atoms with Gasteiger partial charge < -0.3 is 9.72 Å². The third-order valence-corrected chi connectivity index (χ3v) is 6.92. The van der Waals surface area contributed by atoms with Gasteiger partial charge in [-0.25, -0.2) is 14.8 Å². The highest BCUT2D eigenvalue weighted by molar-refractivity contribution is 7.98. The van der Waals surface area contributed by atoms with E-state index in [0.717, 1.165) is 5.56 Å². The van der Waals surface area contributed by atoms with Gasteiger partial charge in [-0.1, -0.05) is 54.2 Å². The first-order valence-electron chi connectivity index (χ1n) is 11.3. The Kier molecular flexibility index (Phi) is 6.39. The molecule has 0 aliphatic rings. The smallest absolute Gasteiger partial charge is 0.337 e. The number of fused-ring (bicyclic) bond motifs is 2. The number of para-hydroxylation sites is 1. The number of carbonyl (C=O) groups is 1. The van der Waals surface area contributed by atoms with Crippen molar-refractivity contribution in [1.82, 2.24) is 19.5 Å². The molecule has 1 atom stereocenters. The molecule has 3 aromatic carbocycles. The van der Waals surface area contributed by atoms with Gasteiger partial charge in [0.1, 0.15) is 5.82 Å². The number of methoxy groups -OCH3 is 1. The number of hydrogen-bond donors (Lipinski definition) is 1. The molecule has 0 saturated heterocycles. The molecule has 5 aromatic rings. The zero-order valence-electron chi connectivity index (χ0n) is 19.6. The third kappa shape index (κ3) is 4.40. The van der Waals surface area contributed by atoms with Crippen LogP contribution < -0.4 is 11.1 Å². The van der Waals surface area contributed by atoms with Crippen molar-refractivity contribution in [3.8, 4) is 0 Å². The van der Waals surface area contributed by atoms with E-state index in [2.05, 4.69) is 9.97 Å². The second-order valence-corrected chi connectivity index (χ2v) is 9.14. The molecule has 0 spiro atoms. The molecule has 0 fully saturated rings. The topological polar surface area (TPSA) is 107 Å². The van der Waals surface area contributed by atoms with Crippen LogP contribution in [-0.2, 0) is 10.5 Å². The monoisotopic (exact) mass is 498 g/mol. The van der Waals surface area contributed by atoms with Crippen LogP contribution >= 0.6 is 11.8 Å². The Bertz CT molecular complexity index is 1710. The standard InChI is InChI=1S/C27H22N4O4S/c1-16(17-8-4-3-5-9-17)31-25(33)20-10-6-7-11-21(20)29-27(31)36-15-23-28-22-14-18(26(34)35-2)12-13-19(22)24(32)30-23/h3-14,16H,15H2,1-2H3,(H,28,30,32).